The number of carbonyl (C=O) groups is 1. The monoisotopic (exact) mass is 199 g/mol. The number of nitrogen functional groups attached to an aromatic ring is 1. The maximum atomic E-state index is 11.2. The van der Waals surface area contributed by atoms with Crippen molar-refractivity contribution in [2.75, 3.05) is 24.7 Å². The van der Waals surface area contributed by atoms with Gasteiger partial charge < -0.3 is 20.3 Å². The van der Waals surface area contributed by atoms with Crippen LogP contribution in [0.5, 0.6) is 0 Å². The van der Waals surface area contributed by atoms with E-state index < -0.39 is 5.97 Å². The van der Waals surface area contributed by atoms with E-state index in [1.165, 1.54) is 7.11 Å². The summed E-state index contributed by atoms with van der Waals surface area (Å²) in [5.41, 5.74) is 5.57. The predicted molar refractivity (Wildman–Crippen MR) is 51.0 cm³/mol. The number of nitrogens with one attached hydrogen (secondary N) is 1. The second-order valence-corrected chi connectivity index (χ2v) is 2.69. The lowest BCUT2D eigenvalue weighted by molar-refractivity contribution is 0.0602. The van der Waals surface area contributed by atoms with Gasteiger partial charge in [-0.25, -0.2) is 4.79 Å². The van der Waals surface area contributed by atoms with Crippen molar-refractivity contribution in [3.63, 3.8) is 0 Å². The fourth-order valence-electron chi connectivity index (χ4n) is 0.966. The van der Waals surface area contributed by atoms with Gasteiger partial charge >= 0.3 is 5.97 Å². The highest BCUT2D eigenvalue weighted by Crippen LogP contribution is 2.21. The van der Waals surface area contributed by atoms with Crippen LogP contribution in [0.3, 0.4) is 0 Å². The summed E-state index contributed by atoms with van der Waals surface area (Å²) >= 11 is 0. The zero-order chi connectivity index (χ0) is 10.6. The largest absolute Gasteiger partial charge is 0.465 e. The molecule has 0 amide bonds. The van der Waals surface area contributed by atoms with Crippen LogP contribution >= 0.6 is 0 Å². The lowest BCUT2D eigenvalue weighted by atomic mass is 10.3. The standard InChI is InChI=1S/C8H13N3O3/c1-3-4-10-7-5(8(12)13-2)6(9)14-11-7/h3-4,9H2,1-2H3,(H,10,11). The highest BCUT2D eigenvalue weighted by Gasteiger charge is 2.21. The molecule has 0 spiro atoms. The van der Waals surface area contributed by atoms with Crippen LogP contribution in [0.15, 0.2) is 4.52 Å². The molecule has 0 aliphatic rings. The molecule has 0 saturated carbocycles. The number of rotatable bonds is 4. The molecule has 0 unspecified atom stereocenters. The van der Waals surface area contributed by atoms with Crippen LogP contribution in [0.4, 0.5) is 11.7 Å². The number of esters is 1. The number of anilines is 2. The Hall–Kier alpha value is -1.72. The zero-order valence-corrected chi connectivity index (χ0v) is 8.16. The minimum atomic E-state index is -0.553. The van der Waals surface area contributed by atoms with Gasteiger partial charge in [-0.2, -0.15) is 0 Å². The Labute approximate surface area is 81.4 Å². The van der Waals surface area contributed by atoms with Gasteiger partial charge in [0, 0.05) is 6.54 Å². The van der Waals surface area contributed by atoms with Gasteiger partial charge in [-0.3, -0.25) is 0 Å². The van der Waals surface area contributed by atoms with E-state index >= 15 is 0 Å². The van der Waals surface area contributed by atoms with Crippen LogP contribution < -0.4 is 11.1 Å². The van der Waals surface area contributed by atoms with E-state index in [-0.39, 0.29) is 11.4 Å². The summed E-state index contributed by atoms with van der Waals surface area (Å²) in [6.45, 7) is 2.68. The number of hydrogen-bond donors (Lipinski definition) is 2. The maximum absolute atomic E-state index is 11.2. The van der Waals surface area contributed by atoms with Gasteiger partial charge in [-0.1, -0.05) is 12.1 Å². The van der Waals surface area contributed by atoms with Crippen molar-refractivity contribution in [1.82, 2.24) is 5.16 Å². The van der Waals surface area contributed by atoms with Crippen molar-refractivity contribution < 1.29 is 14.1 Å². The quantitative estimate of drug-likeness (QED) is 0.699. The average molecular weight is 199 g/mol. The van der Waals surface area contributed by atoms with Crippen molar-refractivity contribution in [3.8, 4) is 0 Å². The molecule has 0 saturated heterocycles. The summed E-state index contributed by atoms with van der Waals surface area (Å²) in [6, 6.07) is 0. The van der Waals surface area contributed by atoms with E-state index in [0.29, 0.717) is 12.4 Å². The van der Waals surface area contributed by atoms with Crippen LogP contribution in [0.2, 0.25) is 0 Å². The molecule has 0 aliphatic carbocycles. The Morgan fingerprint density at radius 3 is 3.00 bits per heavy atom. The summed E-state index contributed by atoms with van der Waals surface area (Å²) in [6.07, 6.45) is 0.910. The summed E-state index contributed by atoms with van der Waals surface area (Å²) < 4.78 is 9.22. The minimum Gasteiger partial charge on any atom is -0.465 e. The first kappa shape index (κ1) is 10.4. The number of methoxy groups -OCH3 is 1. The molecule has 0 aromatic carbocycles. The van der Waals surface area contributed by atoms with Gasteiger partial charge in [0.2, 0.25) is 5.88 Å². The molecule has 1 aromatic rings. The molecule has 0 bridgehead atoms. The smallest absolute Gasteiger partial charge is 0.347 e. The molecular formula is C8H13N3O3. The van der Waals surface area contributed by atoms with Crippen LogP contribution in [0, 0.1) is 0 Å². The molecular weight excluding hydrogens is 186 g/mol. The topological polar surface area (TPSA) is 90.4 Å². The van der Waals surface area contributed by atoms with Gasteiger partial charge in [0.25, 0.3) is 0 Å². The third-order valence-corrected chi connectivity index (χ3v) is 1.65. The predicted octanol–water partition coefficient (Wildman–Crippen LogP) is 0.865. The maximum Gasteiger partial charge on any atom is 0.347 e. The molecule has 1 rings (SSSR count). The summed E-state index contributed by atoms with van der Waals surface area (Å²) in [4.78, 5) is 11.2. The number of aromatic nitrogens is 1. The van der Waals surface area contributed by atoms with E-state index in [4.69, 9.17) is 5.73 Å². The van der Waals surface area contributed by atoms with Crippen molar-refractivity contribution in [2.45, 2.75) is 13.3 Å². The van der Waals surface area contributed by atoms with Crippen LogP contribution in [0.1, 0.15) is 23.7 Å². The zero-order valence-electron chi connectivity index (χ0n) is 8.16. The lowest BCUT2D eigenvalue weighted by Gasteiger charge is -2.01. The van der Waals surface area contributed by atoms with Crippen LogP contribution in [0.25, 0.3) is 0 Å². The highest BCUT2D eigenvalue weighted by atomic mass is 16.5. The fraction of sp³-hybridized carbons (Fsp3) is 0.500. The summed E-state index contributed by atoms with van der Waals surface area (Å²) in [5, 5.41) is 6.52. The third-order valence-electron chi connectivity index (χ3n) is 1.65. The first-order valence-electron chi connectivity index (χ1n) is 4.28. The van der Waals surface area contributed by atoms with Crippen molar-refractivity contribution >= 4 is 17.7 Å². The van der Waals surface area contributed by atoms with Crippen LogP contribution in [-0.2, 0) is 4.74 Å². The Bertz CT molecular complexity index is 322. The number of hydrogen-bond acceptors (Lipinski definition) is 6. The summed E-state index contributed by atoms with van der Waals surface area (Å²) in [5.74, 6) is -0.256. The van der Waals surface area contributed by atoms with Gasteiger partial charge in [-0.05, 0) is 6.42 Å². The molecule has 0 atom stereocenters. The highest BCUT2D eigenvalue weighted by molar-refractivity contribution is 5.98. The number of carbonyl (C=O) groups excluding carboxylic acids is 1. The van der Waals surface area contributed by atoms with Crippen molar-refractivity contribution in [1.29, 1.82) is 0 Å². The van der Waals surface area contributed by atoms with Gasteiger partial charge in [0.1, 0.15) is 0 Å². The number of nitrogens with zero attached hydrogens (tertiary/aromatic N) is 1. The van der Waals surface area contributed by atoms with Crippen LogP contribution in [-0.4, -0.2) is 24.8 Å². The number of nitrogens with two attached hydrogens (primary N) is 1. The normalized spacial score (nSPS) is 9.86. The Kier molecular flexibility index (Phi) is 3.33. The van der Waals surface area contributed by atoms with E-state index in [1.54, 1.807) is 0 Å². The molecule has 78 valence electrons. The molecule has 0 fully saturated rings. The molecule has 0 aliphatic heterocycles. The molecule has 1 aromatic heterocycles. The second-order valence-electron chi connectivity index (χ2n) is 2.69. The van der Waals surface area contributed by atoms with E-state index in [2.05, 4.69) is 19.7 Å². The molecule has 14 heavy (non-hydrogen) atoms. The molecule has 3 N–H and O–H groups in total. The third kappa shape index (κ3) is 1.95. The van der Waals surface area contributed by atoms with Gasteiger partial charge in [-0.15, -0.1) is 0 Å². The molecule has 0 radical (unpaired) electrons. The fourth-order valence-corrected chi connectivity index (χ4v) is 0.966. The Balaban J connectivity index is 2.88. The Morgan fingerprint density at radius 1 is 1.71 bits per heavy atom. The van der Waals surface area contributed by atoms with Gasteiger partial charge in [0.05, 0.1) is 7.11 Å². The minimum absolute atomic E-state index is 0.0320. The van der Waals surface area contributed by atoms with Crippen molar-refractivity contribution in [2.24, 2.45) is 0 Å². The SMILES string of the molecule is CCCNc1noc(N)c1C(=O)OC. The molecule has 6 heteroatoms. The molecule has 6 nitrogen and oxygen atoms in total. The summed E-state index contributed by atoms with van der Waals surface area (Å²) in [7, 11) is 1.28. The molecule has 1 heterocycles. The van der Waals surface area contributed by atoms with E-state index in [0.717, 1.165) is 6.42 Å². The van der Waals surface area contributed by atoms with E-state index in [9.17, 15) is 4.79 Å². The van der Waals surface area contributed by atoms with E-state index in [1.807, 2.05) is 6.92 Å². The lowest BCUT2D eigenvalue weighted by Crippen LogP contribution is -2.09. The van der Waals surface area contributed by atoms with Crippen molar-refractivity contribution in [3.05, 3.63) is 5.56 Å². The second kappa shape index (κ2) is 4.50. The Morgan fingerprint density at radius 2 is 2.43 bits per heavy atom. The average Bonchev–Trinajstić information content (AvgIpc) is 2.55. The first-order valence-corrected chi connectivity index (χ1v) is 4.28. The first-order chi connectivity index (χ1) is 6.70. The van der Waals surface area contributed by atoms with Gasteiger partial charge in [0.15, 0.2) is 11.4 Å². The number of ether oxygens (including phenoxy) is 1.